The van der Waals surface area contributed by atoms with Crippen molar-refractivity contribution >= 4 is 30.7 Å². The van der Waals surface area contributed by atoms with Gasteiger partial charge in [0.1, 0.15) is 0 Å². The summed E-state index contributed by atoms with van der Waals surface area (Å²) in [4.78, 5) is 19.1. The molecule has 3 rings (SSSR count). The second-order valence-electron chi connectivity index (χ2n) is 5.76. The lowest BCUT2D eigenvalue weighted by atomic mass is 10.1. The minimum absolute atomic E-state index is 0. The van der Waals surface area contributed by atoms with Crippen molar-refractivity contribution in [3.8, 4) is 11.3 Å². The number of hydrogen-bond donors (Lipinski definition) is 1. The summed E-state index contributed by atoms with van der Waals surface area (Å²) >= 11 is 0. The highest BCUT2D eigenvalue weighted by Gasteiger charge is 2.25. The number of carbonyl (C=O) groups is 1. The molecule has 1 aromatic carbocycles. The maximum absolute atomic E-state index is 12.7. The van der Waals surface area contributed by atoms with Crippen LogP contribution < -0.4 is 5.32 Å². The molecule has 1 aromatic heterocycles. The Balaban J connectivity index is 0.00000144. The summed E-state index contributed by atoms with van der Waals surface area (Å²) in [7, 11) is 1.88. The summed E-state index contributed by atoms with van der Waals surface area (Å²) in [5, 5.41) is 3.30. The molecule has 1 N–H and O–H groups in total. The number of nitrogens with one attached hydrogen (secondary N) is 1. The van der Waals surface area contributed by atoms with Crippen LogP contribution in [0, 0.1) is 6.92 Å². The second-order valence-corrected chi connectivity index (χ2v) is 5.76. The molecule has 0 aliphatic carbocycles. The van der Waals surface area contributed by atoms with Crippen LogP contribution in [-0.2, 0) is 0 Å². The highest BCUT2D eigenvalue weighted by molar-refractivity contribution is 5.95. The first-order chi connectivity index (χ1) is 10.7. The number of rotatable bonds is 3. The van der Waals surface area contributed by atoms with E-state index in [1.807, 2.05) is 61.3 Å². The predicted octanol–water partition coefficient (Wildman–Crippen LogP) is 3.33. The number of aryl methyl sites for hydroxylation is 1. The minimum atomic E-state index is 0. The summed E-state index contributed by atoms with van der Waals surface area (Å²) in [5.74, 6) is 0.0540. The molecule has 130 valence electrons. The number of benzene rings is 1. The van der Waals surface area contributed by atoms with Gasteiger partial charge in [0.05, 0.1) is 17.0 Å². The molecule has 0 saturated carbocycles. The van der Waals surface area contributed by atoms with Gasteiger partial charge in [-0.3, -0.25) is 9.78 Å². The molecule has 24 heavy (non-hydrogen) atoms. The van der Waals surface area contributed by atoms with Crippen LogP contribution in [0.25, 0.3) is 11.3 Å². The van der Waals surface area contributed by atoms with Crippen LogP contribution in [0.3, 0.4) is 0 Å². The van der Waals surface area contributed by atoms with Crippen molar-refractivity contribution in [1.29, 1.82) is 0 Å². The molecule has 2 heterocycles. The smallest absolute Gasteiger partial charge is 0.255 e. The van der Waals surface area contributed by atoms with Crippen LogP contribution >= 0.6 is 24.8 Å². The van der Waals surface area contributed by atoms with Crippen molar-refractivity contribution in [2.75, 3.05) is 20.1 Å². The van der Waals surface area contributed by atoms with Gasteiger partial charge in [-0.1, -0.05) is 30.3 Å². The van der Waals surface area contributed by atoms with Crippen molar-refractivity contribution < 1.29 is 4.79 Å². The fourth-order valence-corrected chi connectivity index (χ4v) is 2.88. The van der Waals surface area contributed by atoms with Crippen LogP contribution in [0.5, 0.6) is 0 Å². The number of pyridine rings is 1. The zero-order valence-electron chi connectivity index (χ0n) is 13.9. The third-order valence-corrected chi connectivity index (χ3v) is 4.29. The first kappa shape index (κ1) is 20.4. The van der Waals surface area contributed by atoms with Crippen molar-refractivity contribution in [2.45, 2.75) is 19.4 Å². The molecule has 6 heteroatoms. The van der Waals surface area contributed by atoms with Crippen LogP contribution in [-0.4, -0.2) is 42.0 Å². The lowest BCUT2D eigenvalue weighted by molar-refractivity contribution is 0.0742. The standard InChI is InChI=1S/C18H21N3O.2ClH/c1-13-16(18(22)21(2)15-10-11-19-12-15)8-9-17(20-13)14-6-4-3-5-7-14;;/h3-9,15,19H,10-12H2,1-2H3;2*1H. The molecule has 1 aliphatic rings. The Morgan fingerprint density at radius 1 is 1.17 bits per heavy atom. The zero-order chi connectivity index (χ0) is 15.5. The summed E-state index contributed by atoms with van der Waals surface area (Å²) in [5.41, 5.74) is 3.44. The van der Waals surface area contributed by atoms with Crippen molar-refractivity contribution in [3.05, 3.63) is 53.7 Å². The van der Waals surface area contributed by atoms with Gasteiger partial charge in [-0.15, -0.1) is 24.8 Å². The average molecular weight is 368 g/mol. The number of aromatic nitrogens is 1. The summed E-state index contributed by atoms with van der Waals surface area (Å²) in [6, 6.07) is 14.1. The van der Waals surface area contributed by atoms with E-state index >= 15 is 0 Å². The largest absolute Gasteiger partial charge is 0.337 e. The Morgan fingerprint density at radius 3 is 2.46 bits per heavy atom. The number of carbonyl (C=O) groups excluding carboxylic acids is 1. The molecule has 1 aliphatic heterocycles. The fourth-order valence-electron chi connectivity index (χ4n) is 2.88. The lowest BCUT2D eigenvalue weighted by Gasteiger charge is -2.24. The number of amides is 1. The van der Waals surface area contributed by atoms with E-state index in [1.54, 1.807) is 0 Å². The molecular formula is C18H23Cl2N3O. The molecule has 1 amide bonds. The number of nitrogens with zero attached hydrogens (tertiary/aromatic N) is 2. The third kappa shape index (κ3) is 4.26. The Hall–Kier alpha value is -1.62. The van der Waals surface area contributed by atoms with Gasteiger partial charge >= 0.3 is 0 Å². The maximum atomic E-state index is 12.7. The Morgan fingerprint density at radius 2 is 1.88 bits per heavy atom. The molecule has 1 unspecified atom stereocenters. The lowest BCUT2D eigenvalue weighted by Crippen LogP contribution is -2.38. The van der Waals surface area contributed by atoms with Crippen LogP contribution in [0.4, 0.5) is 0 Å². The molecule has 2 aromatic rings. The molecule has 0 radical (unpaired) electrons. The van der Waals surface area contributed by atoms with Gasteiger partial charge in [0.25, 0.3) is 5.91 Å². The first-order valence-corrected chi connectivity index (χ1v) is 7.68. The molecule has 4 nitrogen and oxygen atoms in total. The first-order valence-electron chi connectivity index (χ1n) is 7.68. The average Bonchev–Trinajstić information content (AvgIpc) is 3.09. The van der Waals surface area contributed by atoms with E-state index < -0.39 is 0 Å². The summed E-state index contributed by atoms with van der Waals surface area (Å²) in [6.07, 6.45) is 1.01. The van der Waals surface area contributed by atoms with Gasteiger partial charge in [0.15, 0.2) is 0 Å². The van der Waals surface area contributed by atoms with Crippen LogP contribution in [0.2, 0.25) is 0 Å². The van der Waals surface area contributed by atoms with Gasteiger partial charge in [-0.2, -0.15) is 0 Å². The Kier molecular flexibility index (Phi) is 7.67. The van der Waals surface area contributed by atoms with Gasteiger partial charge in [0.2, 0.25) is 0 Å². The van der Waals surface area contributed by atoms with E-state index in [4.69, 9.17) is 0 Å². The van der Waals surface area contributed by atoms with E-state index in [0.29, 0.717) is 5.56 Å². The zero-order valence-corrected chi connectivity index (χ0v) is 15.5. The molecule has 1 fully saturated rings. The van der Waals surface area contributed by atoms with E-state index in [2.05, 4.69) is 10.3 Å². The van der Waals surface area contributed by atoms with Gasteiger partial charge in [-0.05, 0) is 32.0 Å². The van der Waals surface area contributed by atoms with E-state index in [0.717, 1.165) is 36.5 Å². The highest BCUT2D eigenvalue weighted by atomic mass is 35.5. The maximum Gasteiger partial charge on any atom is 0.255 e. The quantitative estimate of drug-likeness (QED) is 0.904. The molecule has 0 bridgehead atoms. The SMILES string of the molecule is Cc1nc(-c2ccccc2)ccc1C(=O)N(C)C1CCNC1.Cl.Cl. The van der Waals surface area contributed by atoms with Crippen LogP contribution in [0.1, 0.15) is 22.5 Å². The van der Waals surface area contributed by atoms with E-state index in [9.17, 15) is 4.79 Å². The molecule has 0 spiro atoms. The highest BCUT2D eigenvalue weighted by Crippen LogP contribution is 2.20. The second kappa shape index (κ2) is 9.02. The normalized spacial score (nSPS) is 16.0. The topological polar surface area (TPSA) is 45.2 Å². The monoisotopic (exact) mass is 367 g/mol. The Labute approximate surface area is 155 Å². The van der Waals surface area contributed by atoms with E-state index in [1.165, 1.54) is 0 Å². The van der Waals surface area contributed by atoms with Gasteiger partial charge in [-0.25, -0.2) is 0 Å². The predicted molar refractivity (Wildman–Crippen MR) is 102 cm³/mol. The van der Waals surface area contributed by atoms with Gasteiger partial charge < -0.3 is 10.2 Å². The summed E-state index contributed by atoms with van der Waals surface area (Å²) in [6.45, 7) is 3.75. The third-order valence-electron chi connectivity index (χ3n) is 4.29. The Bertz CT molecular complexity index is 673. The molecule has 1 atom stereocenters. The number of hydrogen-bond acceptors (Lipinski definition) is 3. The van der Waals surface area contributed by atoms with Crippen molar-refractivity contribution in [1.82, 2.24) is 15.2 Å². The molecular weight excluding hydrogens is 345 g/mol. The van der Waals surface area contributed by atoms with Gasteiger partial charge in [0, 0.05) is 25.2 Å². The van der Waals surface area contributed by atoms with E-state index in [-0.39, 0.29) is 36.8 Å². The van der Waals surface area contributed by atoms with Crippen LogP contribution in [0.15, 0.2) is 42.5 Å². The number of halogens is 2. The van der Waals surface area contributed by atoms with Crippen molar-refractivity contribution in [2.24, 2.45) is 0 Å². The molecule has 1 saturated heterocycles. The minimum Gasteiger partial charge on any atom is -0.337 e. The summed E-state index contributed by atoms with van der Waals surface area (Å²) < 4.78 is 0. The van der Waals surface area contributed by atoms with Crippen molar-refractivity contribution in [3.63, 3.8) is 0 Å². The fraction of sp³-hybridized carbons (Fsp3) is 0.333. The number of likely N-dealkylation sites (N-methyl/N-ethyl adjacent to an activating group) is 1.